The van der Waals surface area contributed by atoms with Gasteiger partial charge in [-0.25, -0.2) is 12.8 Å². The zero-order chi connectivity index (χ0) is 25.4. The van der Waals surface area contributed by atoms with Crippen LogP contribution in [0.1, 0.15) is 5.56 Å². The van der Waals surface area contributed by atoms with Crippen LogP contribution in [0, 0.1) is 5.82 Å². The Labute approximate surface area is 218 Å². The van der Waals surface area contributed by atoms with Crippen LogP contribution in [0.2, 0.25) is 10.0 Å². The number of benzene rings is 3. The lowest BCUT2D eigenvalue weighted by atomic mass is 10.2. The number of ether oxygens (including phenoxy) is 1. The molecule has 186 valence electrons. The lowest BCUT2D eigenvalue weighted by molar-refractivity contribution is -0.119. The van der Waals surface area contributed by atoms with Crippen LogP contribution in [0.4, 0.5) is 10.1 Å². The second-order valence-electron chi connectivity index (χ2n) is 7.25. The molecule has 0 unspecified atom stereocenters. The van der Waals surface area contributed by atoms with E-state index in [0.717, 1.165) is 4.31 Å². The fraction of sp³-hybridized carbons (Fsp3) is 0.208. The first-order chi connectivity index (χ1) is 16.7. The van der Waals surface area contributed by atoms with Crippen molar-refractivity contribution in [3.8, 4) is 5.75 Å². The third kappa shape index (κ3) is 7.04. The van der Waals surface area contributed by atoms with Crippen LogP contribution >= 0.6 is 35.0 Å². The van der Waals surface area contributed by atoms with Crippen LogP contribution in [-0.4, -0.2) is 40.3 Å². The van der Waals surface area contributed by atoms with E-state index in [2.05, 4.69) is 5.32 Å². The molecule has 1 N–H and O–H groups in total. The minimum Gasteiger partial charge on any atom is -0.495 e. The number of nitrogens with one attached hydrogen (secondary N) is 1. The van der Waals surface area contributed by atoms with E-state index in [9.17, 15) is 17.6 Å². The highest BCUT2D eigenvalue weighted by Gasteiger charge is 2.27. The molecule has 0 spiro atoms. The predicted octanol–water partition coefficient (Wildman–Crippen LogP) is 5.39. The molecule has 35 heavy (non-hydrogen) atoms. The van der Waals surface area contributed by atoms with Crippen molar-refractivity contribution in [2.45, 2.75) is 10.6 Å². The largest absolute Gasteiger partial charge is 0.495 e. The SMILES string of the molecule is COc1ccc(N(CC(=O)NCCSCc2c(F)cccc2Cl)S(=O)(=O)c2ccccc2)cc1Cl. The number of hydrogen-bond acceptors (Lipinski definition) is 5. The monoisotopic (exact) mass is 556 g/mol. The molecule has 0 aliphatic carbocycles. The summed E-state index contributed by atoms with van der Waals surface area (Å²) < 4.78 is 46.7. The van der Waals surface area contributed by atoms with Crippen LogP contribution < -0.4 is 14.4 Å². The Kier molecular flexibility index (Phi) is 9.68. The van der Waals surface area contributed by atoms with Crippen molar-refractivity contribution in [3.63, 3.8) is 0 Å². The second-order valence-corrected chi connectivity index (χ2v) is 11.0. The fourth-order valence-corrected chi connectivity index (χ4v) is 6.02. The van der Waals surface area contributed by atoms with Gasteiger partial charge in [-0.2, -0.15) is 11.8 Å². The summed E-state index contributed by atoms with van der Waals surface area (Å²) in [7, 11) is -2.61. The molecule has 0 atom stereocenters. The van der Waals surface area contributed by atoms with Crippen molar-refractivity contribution in [3.05, 3.63) is 88.2 Å². The highest BCUT2D eigenvalue weighted by molar-refractivity contribution is 7.98. The fourth-order valence-electron chi connectivity index (χ4n) is 3.14. The number of carbonyl (C=O) groups is 1. The summed E-state index contributed by atoms with van der Waals surface area (Å²) >= 11 is 13.6. The van der Waals surface area contributed by atoms with Crippen LogP contribution in [0.15, 0.2) is 71.6 Å². The normalized spacial score (nSPS) is 11.2. The molecular formula is C24H23Cl2FN2O4S2. The Balaban J connectivity index is 1.68. The van der Waals surface area contributed by atoms with Gasteiger partial charge in [-0.3, -0.25) is 9.10 Å². The maximum Gasteiger partial charge on any atom is 0.264 e. The minimum absolute atomic E-state index is 0.0389. The first-order valence-corrected chi connectivity index (χ1v) is 13.8. The molecule has 3 aromatic carbocycles. The third-order valence-corrected chi connectivity index (χ3v) is 8.34. The van der Waals surface area contributed by atoms with Crippen LogP contribution in [0.3, 0.4) is 0 Å². The molecule has 0 saturated carbocycles. The van der Waals surface area contributed by atoms with Crippen LogP contribution in [-0.2, 0) is 20.6 Å². The van der Waals surface area contributed by atoms with E-state index in [1.54, 1.807) is 24.3 Å². The zero-order valence-electron chi connectivity index (χ0n) is 18.7. The summed E-state index contributed by atoms with van der Waals surface area (Å²) in [5.74, 6) is 0.329. The van der Waals surface area contributed by atoms with E-state index in [-0.39, 0.29) is 28.0 Å². The number of rotatable bonds is 11. The quantitative estimate of drug-likeness (QED) is 0.320. The maximum atomic E-state index is 13.9. The first kappa shape index (κ1) is 27.1. The molecule has 0 aliphatic heterocycles. The van der Waals surface area contributed by atoms with Gasteiger partial charge in [0.1, 0.15) is 18.1 Å². The molecule has 0 aromatic heterocycles. The number of sulfonamides is 1. The number of carbonyl (C=O) groups excluding carboxylic acids is 1. The Morgan fingerprint density at radius 1 is 1.06 bits per heavy atom. The van der Waals surface area contributed by atoms with Gasteiger partial charge in [0.25, 0.3) is 10.0 Å². The van der Waals surface area contributed by atoms with E-state index in [1.165, 1.54) is 61.3 Å². The average Bonchev–Trinajstić information content (AvgIpc) is 2.84. The average molecular weight is 557 g/mol. The van der Waals surface area contributed by atoms with Gasteiger partial charge < -0.3 is 10.1 Å². The van der Waals surface area contributed by atoms with Gasteiger partial charge in [0.15, 0.2) is 0 Å². The summed E-state index contributed by atoms with van der Waals surface area (Å²) in [5, 5.41) is 3.27. The van der Waals surface area contributed by atoms with Crippen molar-refractivity contribution in [1.82, 2.24) is 5.32 Å². The van der Waals surface area contributed by atoms with Gasteiger partial charge >= 0.3 is 0 Å². The molecule has 0 radical (unpaired) electrons. The number of hydrogen-bond donors (Lipinski definition) is 1. The van der Waals surface area contributed by atoms with E-state index in [4.69, 9.17) is 27.9 Å². The molecule has 3 rings (SSSR count). The van der Waals surface area contributed by atoms with E-state index in [1.807, 2.05) is 0 Å². The number of thioether (sulfide) groups is 1. The molecule has 0 saturated heterocycles. The van der Waals surface area contributed by atoms with Gasteiger partial charge in [-0.15, -0.1) is 0 Å². The maximum absolute atomic E-state index is 13.9. The van der Waals surface area contributed by atoms with E-state index in [0.29, 0.717) is 27.8 Å². The van der Waals surface area contributed by atoms with Gasteiger partial charge in [0, 0.05) is 28.6 Å². The standard InChI is InChI=1S/C24H23Cl2FN2O4S2/c1-33-23-11-10-17(14-21(23)26)29(35(31,32)18-6-3-2-4-7-18)15-24(30)28-12-13-34-16-19-20(25)8-5-9-22(19)27/h2-11,14H,12-13,15-16H2,1H3,(H,28,30). The molecule has 11 heteroatoms. The van der Waals surface area contributed by atoms with Crippen molar-refractivity contribution in [2.24, 2.45) is 0 Å². The molecule has 0 heterocycles. The van der Waals surface area contributed by atoms with Crippen molar-refractivity contribution in [2.75, 3.05) is 30.3 Å². The van der Waals surface area contributed by atoms with Crippen LogP contribution in [0.5, 0.6) is 5.75 Å². The van der Waals surface area contributed by atoms with Gasteiger partial charge in [-0.1, -0.05) is 47.5 Å². The number of methoxy groups -OCH3 is 1. The summed E-state index contributed by atoms with van der Waals surface area (Å²) in [5.41, 5.74) is 0.625. The number of nitrogens with zero attached hydrogens (tertiary/aromatic N) is 1. The Bertz CT molecular complexity index is 1260. The second kappa shape index (κ2) is 12.5. The molecule has 1 amide bonds. The smallest absolute Gasteiger partial charge is 0.264 e. The van der Waals surface area contributed by atoms with Gasteiger partial charge in [0.05, 0.1) is 22.7 Å². The number of halogens is 3. The predicted molar refractivity (Wildman–Crippen MR) is 140 cm³/mol. The highest BCUT2D eigenvalue weighted by Crippen LogP contribution is 2.32. The molecular weight excluding hydrogens is 534 g/mol. The van der Waals surface area contributed by atoms with Crippen molar-refractivity contribution >= 4 is 56.6 Å². The van der Waals surface area contributed by atoms with E-state index < -0.39 is 22.5 Å². The molecule has 0 aliphatic rings. The summed E-state index contributed by atoms with van der Waals surface area (Å²) in [6.07, 6.45) is 0. The zero-order valence-corrected chi connectivity index (χ0v) is 21.9. The third-order valence-electron chi connectivity index (χ3n) is 4.92. The van der Waals surface area contributed by atoms with Gasteiger partial charge in [0.2, 0.25) is 5.91 Å². The van der Waals surface area contributed by atoms with Crippen molar-refractivity contribution < 1.29 is 22.3 Å². The van der Waals surface area contributed by atoms with Crippen LogP contribution in [0.25, 0.3) is 0 Å². The van der Waals surface area contributed by atoms with Crippen molar-refractivity contribution in [1.29, 1.82) is 0 Å². The highest BCUT2D eigenvalue weighted by atomic mass is 35.5. The first-order valence-electron chi connectivity index (χ1n) is 10.4. The summed E-state index contributed by atoms with van der Waals surface area (Å²) in [4.78, 5) is 12.7. The van der Waals surface area contributed by atoms with E-state index >= 15 is 0 Å². The summed E-state index contributed by atoms with van der Waals surface area (Å²) in [6.45, 7) is -0.193. The molecule has 0 bridgehead atoms. The van der Waals surface area contributed by atoms with Gasteiger partial charge in [-0.05, 0) is 42.5 Å². The molecule has 0 fully saturated rings. The Morgan fingerprint density at radius 3 is 2.46 bits per heavy atom. The lowest BCUT2D eigenvalue weighted by Crippen LogP contribution is -2.41. The minimum atomic E-state index is -4.05. The Hall–Kier alpha value is -2.46. The lowest BCUT2D eigenvalue weighted by Gasteiger charge is -2.24. The molecule has 3 aromatic rings. The summed E-state index contributed by atoms with van der Waals surface area (Å²) in [6, 6.07) is 16.8. The molecule has 6 nitrogen and oxygen atoms in total. The number of anilines is 1. The topological polar surface area (TPSA) is 75.7 Å². The Morgan fingerprint density at radius 2 is 1.80 bits per heavy atom. The number of amides is 1.